The van der Waals surface area contributed by atoms with Gasteiger partial charge in [0.15, 0.2) is 4.77 Å². The molecule has 1 aromatic carbocycles. The van der Waals surface area contributed by atoms with Gasteiger partial charge in [-0.15, -0.1) is 0 Å². The number of azide groups is 1. The lowest BCUT2D eigenvalue weighted by molar-refractivity contribution is 1.30. The summed E-state index contributed by atoms with van der Waals surface area (Å²) < 4.78 is 0.563. The summed E-state index contributed by atoms with van der Waals surface area (Å²) in [6.07, 6.45) is 0. The molecule has 0 amide bonds. The highest BCUT2D eigenvalue weighted by Crippen LogP contribution is 2.18. The van der Waals surface area contributed by atoms with Crippen molar-refractivity contribution in [2.75, 3.05) is 0 Å². The number of nitrogens with zero attached hydrogens (tertiary/aromatic N) is 3. The zero-order chi connectivity index (χ0) is 9.26. The number of hydrogen-bond acceptors (Lipinski definition) is 2. The van der Waals surface area contributed by atoms with Crippen molar-refractivity contribution >= 4 is 28.9 Å². The fourth-order valence-electron chi connectivity index (χ4n) is 1.13. The number of benzene rings is 1. The smallest absolute Gasteiger partial charge is 0.175 e. The maximum atomic E-state index is 8.22. The molecule has 5 nitrogen and oxygen atoms in total. The van der Waals surface area contributed by atoms with E-state index in [0.29, 0.717) is 10.5 Å². The van der Waals surface area contributed by atoms with E-state index in [4.69, 9.17) is 17.7 Å². The molecular weight excluding hydrogens is 186 g/mol. The number of aromatic nitrogens is 2. The molecule has 0 spiro atoms. The van der Waals surface area contributed by atoms with Gasteiger partial charge >= 0.3 is 0 Å². The van der Waals surface area contributed by atoms with Gasteiger partial charge in [-0.05, 0) is 29.9 Å². The molecule has 0 fully saturated rings. The minimum absolute atomic E-state index is 0.563. The number of rotatable bonds is 1. The number of imidazole rings is 1. The molecule has 0 saturated heterocycles. The Morgan fingerprint density at radius 1 is 1.31 bits per heavy atom. The molecule has 0 aliphatic heterocycles. The topological polar surface area (TPSA) is 80.3 Å². The average molecular weight is 191 g/mol. The van der Waals surface area contributed by atoms with Crippen LogP contribution in [0, 0.1) is 4.77 Å². The minimum atomic E-state index is 0.563. The van der Waals surface area contributed by atoms with E-state index in [2.05, 4.69) is 20.0 Å². The fraction of sp³-hybridized carbons (Fsp3) is 0. The Kier molecular flexibility index (Phi) is 1.77. The van der Waals surface area contributed by atoms with E-state index in [1.807, 2.05) is 6.07 Å². The van der Waals surface area contributed by atoms with Crippen LogP contribution in [0.5, 0.6) is 0 Å². The van der Waals surface area contributed by atoms with Crippen LogP contribution in [0.1, 0.15) is 0 Å². The van der Waals surface area contributed by atoms with E-state index in [1.54, 1.807) is 12.1 Å². The summed E-state index contributed by atoms with van der Waals surface area (Å²) >= 11 is 4.91. The minimum Gasteiger partial charge on any atom is -0.331 e. The summed E-state index contributed by atoms with van der Waals surface area (Å²) in [7, 11) is 0. The number of H-pyrrole nitrogens is 2. The quantitative estimate of drug-likeness (QED) is 0.308. The Balaban J connectivity index is 2.74. The Bertz CT molecular complexity index is 545. The highest BCUT2D eigenvalue weighted by Gasteiger charge is 1.95. The van der Waals surface area contributed by atoms with E-state index in [9.17, 15) is 0 Å². The molecule has 1 aromatic heterocycles. The van der Waals surface area contributed by atoms with Crippen LogP contribution in [-0.2, 0) is 0 Å². The van der Waals surface area contributed by atoms with Gasteiger partial charge in [0.1, 0.15) is 0 Å². The molecule has 0 bridgehead atoms. The van der Waals surface area contributed by atoms with Gasteiger partial charge < -0.3 is 9.97 Å². The molecule has 6 heteroatoms. The lowest BCUT2D eigenvalue weighted by Gasteiger charge is -1.90. The third-order valence-corrected chi connectivity index (χ3v) is 1.86. The van der Waals surface area contributed by atoms with E-state index >= 15 is 0 Å². The van der Waals surface area contributed by atoms with E-state index < -0.39 is 0 Å². The monoisotopic (exact) mass is 191 g/mol. The zero-order valence-electron chi connectivity index (χ0n) is 6.48. The summed E-state index contributed by atoms with van der Waals surface area (Å²) in [5.41, 5.74) is 10.5. The van der Waals surface area contributed by atoms with E-state index in [0.717, 1.165) is 11.0 Å². The van der Waals surface area contributed by atoms with Crippen molar-refractivity contribution in [2.24, 2.45) is 5.11 Å². The Hall–Kier alpha value is -1.78. The van der Waals surface area contributed by atoms with Crippen LogP contribution >= 0.6 is 12.2 Å². The van der Waals surface area contributed by atoms with Crippen molar-refractivity contribution in [3.8, 4) is 0 Å². The van der Waals surface area contributed by atoms with Crippen LogP contribution in [-0.4, -0.2) is 9.97 Å². The van der Waals surface area contributed by atoms with Gasteiger partial charge in [-0.25, -0.2) is 0 Å². The second-order valence-electron chi connectivity index (χ2n) is 2.50. The van der Waals surface area contributed by atoms with Crippen molar-refractivity contribution in [1.29, 1.82) is 0 Å². The molecule has 64 valence electrons. The van der Waals surface area contributed by atoms with Crippen LogP contribution in [0.2, 0.25) is 0 Å². The molecule has 13 heavy (non-hydrogen) atoms. The first-order valence-corrected chi connectivity index (χ1v) is 3.97. The lowest BCUT2D eigenvalue weighted by Crippen LogP contribution is -1.67. The highest BCUT2D eigenvalue weighted by atomic mass is 32.1. The van der Waals surface area contributed by atoms with Crippen molar-refractivity contribution in [3.63, 3.8) is 0 Å². The van der Waals surface area contributed by atoms with Crippen LogP contribution in [0.3, 0.4) is 0 Å². The highest BCUT2D eigenvalue weighted by molar-refractivity contribution is 7.71. The lowest BCUT2D eigenvalue weighted by atomic mass is 10.3. The van der Waals surface area contributed by atoms with Gasteiger partial charge in [0.25, 0.3) is 0 Å². The fourth-order valence-corrected chi connectivity index (χ4v) is 1.35. The van der Waals surface area contributed by atoms with Gasteiger partial charge in [-0.2, -0.15) is 0 Å². The predicted octanol–water partition coefficient (Wildman–Crippen LogP) is 3.17. The first kappa shape index (κ1) is 7.85. The maximum Gasteiger partial charge on any atom is 0.175 e. The summed E-state index contributed by atoms with van der Waals surface area (Å²) in [5, 5.41) is 3.48. The number of aromatic amines is 2. The van der Waals surface area contributed by atoms with Crippen LogP contribution in [0.15, 0.2) is 23.3 Å². The summed E-state index contributed by atoms with van der Waals surface area (Å²) in [6.45, 7) is 0. The van der Waals surface area contributed by atoms with E-state index in [-0.39, 0.29) is 0 Å². The molecular formula is C7H5N5S. The molecule has 0 atom stereocenters. The van der Waals surface area contributed by atoms with Gasteiger partial charge in [-0.1, -0.05) is 11.2 Å². The van der Waals surface area contributed by atoms with Crippen molar-refractivity contribution in [1.82, 2.24) is 9.97 Å². The third kappa shape index (κ3) is 1.40. The maximum absolute atomic E-state index is 8.22. The van der Waals surface area contributed by atoms with E-state index in [1.165, 1.54) is 0 Å². The number of hydrogen-bond donors (Lipinski definition) is 2. The van der Waals surface area contributed by atoms with Gasteiger partial charge in [0.2, 0.25) is 0 Å². The molecule has 0 saturated carbocycles. The Labute approximate surface area is 78.0 Å². The molecule has 0 aliphatic rings. The second-order valence-corrected chi connectivity index (χ2v) is 2.91. The zero-order valence-corrected chi connectivity index (χ0v) is 7.30. The molecule has 0 unspecified atom stereocenters. The SMILES string of the molecule is [N-]=[N+]=Nc1ccc2[nH]c(=S)[nH]c2c1. The predicted molar refractivity (Wildman–Crippen MR) is 52.3 cm³/mol. The number of nitrogens with one attached hydrogen (secondary N) is 2. The van der Waals surface area contributed by atoms with Crippen LogP contribution < -0.4 is 0 Å². The third-order valence-electron chi connectivity index (χ3n) is 1.66. The first-order valence-electron chi connectivity index (χ1n) is 3.57. The standard InChI is InChI=1S/C7H5N5S/c8-12-11-4-1-2-5-6(3-4)10-7(13)9-5/h1-3H,(H2,9,10,13). The van der Waals surface area contributed by atoms with Gasteiger partial charge in [0, 0.05) is 10.6 Å². The average Bonchev–Trinajstić information content (AvgIpc) is 2.44. The second kappa shape index (κ2) is 2.93. The first-order chi connectivity index (χ1) is 6.29. The van der Waals surface area contributed by atoms with Crippen LogP contribution in [0.4, 0.5) is 5.69 Å². The summed E-state index contributed by atoms with van der Waals surface area (Å²) in [6, 6.07) is 5.27. The Morgan fingerprint density at radius 3 is 2.85 bits per heavy atom. The van der Waals surface area contributed by atoms with Crippen molar-refractivity contribution < 1.29 is 0 Å². The largest absolute Gasteiger partial charge is 0.331 e. The van der Waals surface area contributed by atoms with Gasteiger partial charge in [-0.3, -0.25) is 0 Å². The normalized spacial score (nSPS) is 9.85. The molecule has 2 aromatic rings. The molecule has 2 N–H and O–H groups in total. The van der Waals surface area contributed by atoms with Gasteiger partial charge in [0.05, 0.1) is 11.0 Å². The summed E-state index contributed by atoms with van der Waals surface area (Å²) in [5.74, 6) is 0. The van der Waals surface area contributed by atoms with Crippen molar-refractivity contribution in [2.45, 2.75) is 0 Å². The molecule has 2 rings (SSSR count). The Morgan fingerprint density at radius 2 is 2.08 bits per heavy atom. The van der Waals surface area contributed by atoms with Crippen LogP contribution in [0.25, 0.3) is 21.5 Å². The molecule has 0 radical (unpaired) electrons. The molecule has 0 aliphatic carbocycles. The van der Waals surface area contributed by atoms with Crippen molar-refractivity contribution in [3.05, 3.63) is 33.4 Å². The summed E-state index contributed by atoms with van der Waals surface area (Å²) in [4.78, 5) is 8.58. The number of fused-ring (bicyclic) bond motifs is 1. The molecule has 1 heterocycles.